The average Bonchev–Trinajstić information content (AvgIpc) is 2.46. The summed E-state index contributed by atoms with van der Waals surface area (Å²) in [5.41, 5.74) is 2.21. The molecule has 4 heteroatoms. The zero-order valence-corrected chi connectivity index (χ0v) is 13.2. The molecule has 1 amide bonds. The Morgan fingerprint density at radius 2 is 2.14 bits per heavy atom. The van der Waals surface area contributed by atoms with Crippen molar-refractivity contribution in [3.8, 4) is 18.1 Å². The number of carbonyl (C=O) groups is 1. The number of hydrogen-bond donors (Lipinski definition) is 2. The summed E-state index contributed by atoms with van der Waals surface area (Å²) in [6, 6.07) is 6.29. The van der Waals surface area contributed by atoms with Crippen molar-refractivity contribution in [3.05, 3.63) is 29.3 Å². The van der Waals surface area contributed by atoms with Gasteiger partial charge in [-0.1, -0.05) is 25.0 Å². The first-order chi connectivity index (χ1) is 9.99. The minimum Gasteiger partial charge on any atom is -0.481 e. The largest absolute Gasteiger partial charge is 0.481 e. The third-order valence-electron chi connectivity index (χ3n) is 3.25. The normalized spacial score (nSPS) is 13.1. The number of nitrogens with one attached hydrogen (secondary N) is 2. The van der Waals surface area contributed by atoms with E-state index in [1.807, 2.05) is 19.1 Å². The molecule has 21 heavy (non-hydrogen) atoms. The van der Waals surface area contributed by atoms with Crippen molar-refractivity contribution in [2.24, 2.45) is 0 Å². The van der Waals surface area contributed by atoms with Crippen LogP contribution in [0.2, 0.25) is 0 Å². The van der Waals surface area contributed by atoms with Gasteiger partial charge in [-0.25, -0.2) is 0 Å². The predicted molar refractivity (Wildman–Crippen MR) is 85.2 cm³/mol. The van der Waals surface area contributed by atoms with Crippen LogP contribution < -0.4 is 15.4 Å². The Morgan fingerprint density at radius 3 is 2.71 bits per heavy atom. The van der Waals surface area contributed by atoms with Gasteiger partial charge in [0.1, 0.15) is 5.75 Å². The quantitative estimate of drug-likeness (QED) is 0.756. The molecule has 0 aliphatic heterocycles. The molecule has 0 aliphatic carbocycles. The van der Waals surface area contributed by atoms with E-state index in [4.69, 9.17) is 11.2 Å². The highest BCUT2D eigenvalue weighted by Crippen LogP contribution is 2.23. The molecule has 0 heterocycles. The highest BCUT2D eigenvalue weighted by Gasteiger charge is 2.15. The first kappa shape index (κ1) is 17.1. The number of hydrogen-bond acceptors (Lipinski definition) is 3. The van der Waals surface area contributed by atoms with Gasteiger partial charge < -0.3 is 15.4 Å². The monoisotopic (exact) mass is 288 g/mol. The Morgan fingerprint density at radius 1 is 1.43 bits per heavy atom. The fourth-order valence-corrected chi connectivity index (χ4v) is 2.02. The molecule has 1 aromatic rings. The molecule has 0 spiro atoms. The summed E-state index contributed by atoms with van der Waals surface area (Å²) in [6.07, 6.45) is 4.54. The molecule has 2 atom stereocenters. The van der Waals surface area contributed by atoms with Crippen LogP contribution in [0, 0.1) is 19.3 Å². The molecule has 0 aromatic heterocycles. The number of benzene rings is 1. The highest BCUT2D eigenvalue weighted by atomic mass is 16.5. The van der Waals surface area contributed by atoms with Crippen molar-refractivity contribution < 1.29 is 9.53 Å². The predicted octanol–water partition coefficient (Wildman–Crippen LogP) is 2.18. The fourth-order valence-electron chi connectivity index (χ4n) is 2.02. The maximum atomic E-state index is 11.7. The second kappa shape index (κ2) is 8.33. The molecule has 2 N–H and O–H groups in total. The molecule has 0 saturated heterocycles. The van der Waals surface area contributed by atoms with Crippen molar-refractivity contribution in [3.63, 3.8) is 0 Å². The van der Waals surface area contributed by atoms with Gasteiger partial charge in [0.25, 0.3) is 5.91 Å². The van der Waals surface area contributed by atoms with Gasteiger partial charge in [0, 0.05) is 6.04 Å². The maximum absolute atomic E-state index is 11.7. The van der Waals surface area contributed by atoms with Crippen molar-refractivity contribution in [1.29, 1.82) is 0 Å². The van der Waals surface area contributed by atoms with E-state index in [0.717, 1.165) is 12.1 Å². The molecule has 114 valence electrons. The number of terminal acetylenes is 1. The Hall–Kier alpha value is -1.99. The van der Waals surface area contributed by atoms with Crippen molar-refractivity contribution >= 4 is 5.91 Å². The summed E-state index contributed by atoms with van der Waals surface area (Å²) in [7, 11) is 0. The Kier molecular flexibility index (Phi) is 6.77. The fraction of sp³-hybridized carbons (Fsp3) is 0.471. The first-order valence-electron chi connectivity index (χ1n) is 7.21. The molecule has 4 nitrogen and oxygen atoms in total. The Balaban J connectivity index is 2.72. The summed E-state index contributed by atoms with van der Waals surface area (Å²) in [5, 5.41) is 5.98. The smallest absolute Gasteiger partial charge is 0.261 e. The van der Waals surface area contributed by atoms with E-state index < -0.39 is 6.10 Å². The van der Waals surface area contributed by atoms with Crippen LogP contribution in [-0.4, -0.2) is 25.1 Å². The molecule has 0 aliphatic rings. The van der Waals surface area contributed by atoms with E-state index in [2.05, 4.69) is 36.5 Å². The average molecular weight is 288 g/mol. The second-order valence-electron chi connectivity index (χ2n) is 4.99. The van der Waals surface area contributed by atoms with Crippen molar-refractivity contribution in [2.75, 3.05) is 13.1 Å². The molecule has 1 rings (SSSR count). The summed E-state index contributed by atoms with van der Waals surface area (Å²) in [6.45, 7) is 9.02. The Bertz CT molecular complexity index is 520. The number of ether oxygens (including phenoxy) is 1. The minimum atomic E-state index is -0.575. The van der Waals surface area contributed by atoms with E-state index in [0.29, 0.717) is 11.8 Å². The van der Waals surface area contributed by atoms with Gasteiger partial charge in [-0.05, 0) is 44.5 Å². The third-order valence-corrected chi connectivity index (χ3v) is 3.25. The number of carbonyl (C=O) groups excluding carboxylic acids is 1. The number of rotatable bonds is 7. The molecule has 1 aromatic carbocycles. The summed E-state index contributed by atoms with van der Waals surface area (Å²) >= 11 is 0. The summed E-state index contributed by atoms with van der Waals surface area (Å²) < 4.78 is 5.70. The van der Waals surface area contributed by atoms with Gasteiger partial charge in [-0.3, -0.25) is 4.79 Å². The zero-order valence-electron chi connectivity index (χ0n) is 13.2. The van der Waals surface area contributed by atoms with Gasteiger partial charge in [0.2, 0.25) is 0 Å². The second-order valence-corrected chi connectivity index (χ2v) is 4.99. The summed E-state index contributed by atoms with van der Waals surface area (Å²) in [4.78, 5) is 11.7. The van der Waals surface area contributed by atoms with Gasteiger partial charge in [0.05, 0.1) is 6.54 Å². The Labute approximate surface area is 127 Å². The molecule has 0 fully saturated rings. The van der Waals surface area contributed by atoms with E-state index in [1.54, 1.807) is 6.92 Å². The van der Waals surface area contributed by atoms with E-state index in [-0.39, 0.29) is 12.5 Å². The molecule has 0 bridgehead atoms. The lowest BCUT2D eigenvalue weighted by Crippen LogP contribution is -2.36. The minimum absolute atomic E-state index is 0.211. The van der Waals surface area contributed by atoms with E-state index >= 15 is 0 Å². The van der Waals surface area contributed by atoms with Crippen LogP contribution in [0.15, 0.2) is 18.2 Å². The topological polar surface area (TPSA) is 50.4 Å². The van der Waals surface area contributed by atoms with Crippen molar-refractivity contribution in [1.82, 2.24) is 10.6 Å². The molecule has 0 radical (unpaired) electrons. The number of amides is 1. The maximum Gasteiger partial charge on any atom is 0.261 e. The van der Waals surface area contributed by atoms with Crippen LogP contribution in [0.1, 0.15) is 37.9 Å². The third kappa shape index (κ3) is 5.13. The lowest BCUT2D eigenvalue weighted by atomic mass is 10.0. The van der Waals surface area contributed by atoms with Crippen LogP contribution in [0.25, 0.3) is 0 Å². The van der Waals surface area contributed by atoms with Crippen LogP contribution in [-0.2, 0) is 4.79 Å². The first-order valence-corrected chi connectivity index (χ1v) is 7.21. The van der Waals surface area contributed by atoms with Gasteiger partial charge >= 0.3 is 0 Å². The zero-order chi connectivity index (χ0) is 15.8. The highest BCUT2D eigenvalue weighted by molar-refractivity contribution is 5.80. The molecule has 0 saturated carbocycles. The van der Waals surface area contributed by atoms with E-state index in [1.165, 1.54) is 5.56 Å². The summed E-state index contributed by atoms with van der Waals surface area (Å²) in [5.74, 6) is 2.87. The molecular weight excluding hydrogens is 264 g/mol. The van der Waals surface area contributed by atoms with Crippen LogP contribution >= 0.6 is 0 Å². The lowest BCUT2D eigenvalue weighted by Gasteiger charge is -2.18. The molecular formula is C17H24N2O2. The van der Waals surface area contributed by atoms with Crippen molar-refractivity contribution in [2.45, 2.75) is 39.8 Å². The van der Waals surface area contributed by atoms with E-state index in [9.17, 15) is 4.79 Å². The lowest BCUT2D eigenvalue weighted by molar-refractivity contribution is -0.127. The van der Waals surface area contributed by atoms with Crippen LogP contribution in [0.5, 0.6) is 5.75 Å². The SMILES string of the molecule is C#CCNC(=O)C(C)Oc1ccc(C(C)NCC)cc1C. The van der Waals surface area contributed by atoms with Gasteiger partial charge in [-0.15, -0.1) is 6.42 Å². The van der Waals surface area contributed by atoms with Crippen LogP contribution in [0.3, 0.4) is 0 Å². The van der Waals surface area contributed by atoms with Gasteiger partial charge in [-0.2, -0.15) is 0 Å². The standard InChI is InChI=1S/C17H24N2O2/c1-6-10-19-17(20)14(5)21-16-9-8-15(11-12(16)3)13(4)18-7-2/h1,8-9,11,13-14,18H,7,10H2,2-5H3,(H,19,20). The van der Waals surface area contributed by atoms with Crippen LogP contribution in [0.4, 0.5) is 0 Å². The van der Waals surface area contributed by atoms with Gasteiger partial charge in [0.15, 0.2) is 6.10 Å². The number of aryl methyl sites for hydroxylation is 1. The molecule has 2 unspecified atom stereocenters.